The van der Waals surface area contributed by atoms with Crippen LogP contribution in [0.5, 0.6) is 0 Å². The number of imide groups is 1. The molecule has 0 bridgehead atoms. The first-order valence-electron chi connectivity index (χ1n) is 7.75. The number of nitrogens with one attached hydrogen (secondary N) is 2. The third-order valence-corrected chi connectivity index (χ3v) is 4.53. The molecule has 2 aromatic rings. The Kier molecular flexibility index (Phi) is 4.18. The van der Waals surface area contributed by atoms with Gasteiger partial charge in [-0.15, -0.1) is 5.01 Å². The fourth-order valence-corrected chi connectivity index (χ4v) is 3.16. The second kappa shape index (κ2) is 6.53. The lowest BCUT2D eigenvalue weighted by Gasteiger charge is -2.05. The molecule has 0 atom stereocenters. The lowest BCUT2D eigenvalue weighted by molar-refractivity contribution is -0.122. The summed E-state index contributed by atoms with van der Waals surface area (Å²) in [7, 11) is 0. The fraction of sp³-hybridized carbons (Fsp3) is 0. The molecule has 134 valence electrons. The van der Waals surface area contributed by atoms with E-state index in [2.05, 4.69) is 15.7 Å². The smallest absolute Gasteiger partial charge is 0.320 e. The van der Waals surface area contributed by atoms with Gasteiger partial charge in [-0.25, -0.2) is 4.79 Å². The van der Waals surface area contributed by atoms with Crippen molar-refractivity contribution < 1.29 is 14.4 Å². The molecule has 1 saturated heterocycles. The summed E-state index contributed by atoms with van der Waals surface area (Å²) < 4.78 is 0. The van der Waals surface area contributed by atoms with Crippen molar-refractivity contribution in [2.75, 3.05) is 5.32 Å². The van der Waals surface area contributed by atoms with Gasteiger partial charge in [0.2, 0.25) is 0 Å². The molecule has 4 rings (SSSR count). The number of amides is 4. The average molecular weight is 401 g/mol. The molecule has 0 radical (unpaired) electrons. The van der Waals surface area contributed by atoms with Crippen molar-refractivity contribution in [3.8, 4) is 0 Å². The van der Waals surface area contributed by atoms with Gasteiger partial charge in [0.15, 0.2) is 5.71 Å². The van der Waals surface area contributed by atoms with E-state index in [1.54, 1.807) is 36.4 Å². The minimum Gasteiger partial charge on any atom is -0.320 e. The lowest BCUT2D eigenvalue weighted by Crippen LogP contribution is -2.29. The monoisotopic (exact) mass is 400 g/mol. The maximum atomic E-state index is 12.6. The molecule has 0 aliphatic carbocycles. The SMILES string of the molecule is O=C1Nc2ccccc2/C1=N/N1C(=O)N/C(=C\c2ccc(Cl)cc2Cl)C1=O. The number of hydrazone groups is 1. The van der Waals surface area contributed by atoms with Crippen LogP contribution in [0.2, 0.25) is 10.0 Å². The Morgan fingerprint density at radius 2 is 1.78 bits per heavy atom. The number of carbonyl (C=O) groups excluding carboxylic acids is 3. The van der Waals surface area contributed by atoms with Crippen molar-refractivity contribution in [1.29, 1.82) is 0 Å². The van der Waals surface area contributed by atoms with Crippen LogP contribution >= 0.6 is 23.2 Å². The number of hydrogen-bond donors (Lipinski definition) is 2. The van der Waals surface area contributed by atoms with Crippen LogP contribution < -0.4 is 10.6 Å². The topological polar surface area (TPSA) is 90.9 Å². The summed E-state index contributed by atoms with van der Waals surface area (Å²) in [6.45, 7) is 0. The van der Waals surface area contributed by atoms with Gasteiger partial charge in [0.05, 0.1) is 5.69 Å². The molecule has 0 aromatic heterocycles. The lowest BCUT2D eigenvalue weighted by atomic mass is 10.1. The highest BCUT2D eigenvalue weighted by molar-refractivity contribution is 6.54. The van der Waals surface area contributed by atoms with Crippen LogP contribution in [0.25, 0.3) is 6.08 Å². The predicted molar refractivity (Wildman–Crippen MR) is 101 cm³/mol. The molecule has 1 fully saturated rings. The van der Waals surface area contributed by atoms with E-state index >= 15 is 0 Å². The first-order chi connectivity index (χ1) is 12.9. The Morgan fingerprint density at radius 1 is 1.00 bits per heavy atom. The van der Waals surface area contributed by atoms with Gasteiger partial charge in [0, 0.05) is 15.6 Å². The highest BCUT2D eigenvalue weighted by atomic mass is 35.5. The molecule has 2 N–H and O–H groups in total. The van der Waals surface area contributed by atoms with Crippen LogP contribution in [-0.2, 0) is 9.59 Å². The van der Waals surface area contributed by atoms with Gasteiger partial charge in [0.25, 0.3) is 11.8 Å². The first kappa shape index (κ1) is 17.3. The second-order valence-electron chi connectivity index (χ2n) is 5.72. The van der Waals surface area contributed by atoms with E-state index in [4.69, 9.17) is 23.2 Å². The Hall–Kier alpha value is -3.16. The minimum atomic E-state index is -0.763. The third kappa shape index (κ3) is 3.07. The van der Waals surface area contributed by atoms with Crippen LogP contribution in [0.3, 0.4) is 0 Å². The molecule has 2 aromatic carbocycles. The summed E-state index contributed by atoms with van der Waals surface area (Å²) >= 11 is 11.9. The molecule has 9 heteroatoms. The number of hydrogen-bond acceptors (Lipinski definition) is 4. The molecule has 4 amide bonds. The number of para-hydroxylation sites is 1. The molecular formula is C18H10Cl2N4O3. The number of rotatable bonds is 2. The number of carbonyl (C=O) groups is 3. The van der Waals surface area contributed by atoms with E-state index < -0.39 is 17.8 Å². The van der Waals surface area contributed by atoms with Crippen LogP contribution in [-0.4, -0.2) is 28.6 Å². The number of fused-ring (bicyclic) bond motifs is 1. The average Bonchev–Trinajstić information content (AvgIpc) is 3.08. The zero-order valence-electron chi connectivity index (χ0n) is 13.5. The van der Waals surface area contributed by atoms with E-state index in [1.807, 2.05) is 0 Å². The van der Waals surface area contributed by atoms with Crippen LogP contribution in [0.1, 0.15) is 11.1 Å². The van der Waals surface area contributed by atoms with E-state index in [0.29, 0.717) is 31.9 Å². The van der Waals surface area contributed by atoms with Crippen LogP contribution in [0, 0.1) is 0 Å². The predicted octanol–water partition coefficient (Wildman–Crippen LogP) is 3.24. The van der Waals surface area contributed by atoms with Crippen LogP contribution in [0.15, 0.2) is 53.3 Å². The van der Waals surface area contributed by atoms with Gasteiger partial charge >= 0.3 is 6.03 Å². The zero-order valence-corrected chi connectivity index (χ0v) is 15.0. The van der Waals surface area contributed by atoms with Crippen molar-refractivity contribution in [1.82, 2.24) is 10.3 Å². The summed E-state index contributed by atoms with van der Waals surface area (Å²) in [5, 5.41) is 10.4. The Bertz CT molecular complexity index is 1080. The van der Waals surface area contributed by atoms with Gasteiger partial charge < -0.3 is 10.6 Å². The minimum absolute atomic E-state index is 0.0136. The largest absolute Gasteiger partial charge is 0.350 e. The maximum absolute atomic E-state index is 12.6. The molecule has 2 aliphatic heterocycles. The van der Waals surface area contributed by atoms with Gasteiger partial charge in [-0.2, -0.15) is 5.10 Å². The van der Waals surface area contributed by atoms with Crippen molar-refractivity contribution in [3.63, 3.8) is 0 Å². The van der Waals surface area contributed by atoms with Gasteiger partial charge in [-0.1, -0.05) is 47.5 Å². The third-order valence-electron chi connectivity index (χ3n) is 3.96. The number of anilines is 1. The quantitative estimate of drug-likeness (QED) is 0.598. The highest BCUT2D eigenvalue weighted by Gasteiger charge is 2.36. The molecule has 0 saturated carbocycles. The summed E-state index contributed by atoms with van der Waals surface area (Å²) in [5.41, 5.74) is 1.56. The maximum Gasteiger partial charge on any atom is 0.350 e. The molecule has 7 nitrogen and oxygen atoms in total. The van der Waals surface area contributed by atoms with Crippen molar-refractivity contribution in [2.45, 2.75) is 0 Å². The van der Waals surface area contributed by atoms with Gasteiger partial charge in [0.1, 0.15) is 5.70 Å². The molecule has 0 unspecified atom stereocenters. The zero-order chi connectivity index (χ0) is 19.1. The van der Waals surface area contributed by atoms with E-state index in [0.717, 1.165) is 0 Å². The summed E-state index contributed by atoms with van der Waals surface area (Å²) in [6, 6.07) is 10.9. The molecule has 2 heterocycles. The molecular weight excluding hydrogens is 391 g/mol. The second-order valence-corrected chi connectivity index (χ2v) is 6.56. The van der Waals surface area contributed by atoms with Crippen molar-refractivity contribution in [2.24, 2.45) is 5.10 Å². The number of urea groups is 1. The van der Waals surface area contributed by atoms with E-state index in [-0.39, 0.29) is 11.4 Å². The Labute approximate surface area is 163 Å². The van der Waals surface area contributed by atoms with E-state index in [1.165, 1.54) is 12.1 Å². The summed E-state index contributed by atoms with van der Waals surface area (Å²) in [5.74, 6) is -1.19. The summed E-state index contributed by atoms with van der Waals surface area (Å²) in [6.07, 6.45) is 1.42. The Balaban J connectivity index is 1.68. The normalized spacial score (nSPS) is 18.9. The fourth-order valence-electron chi connectivity index (χ4n) is 2.69. The van der Waals surface area contributed by atoms with Gasteiger partial charge in [-0.3, -0.25) is 9.59 Å². The van der Waals surface area contributed by atoms with Gasteiger partial charge in [-0.05, 0) is 29.8 Å². The van der Waals surface area contributed by atoms with Crippen LogP contribution in [0.4, 0.5) is 10.5 Å². The first-order valence-corrected chi connectivity index (χ1v) is 8.51. The van der Waals surface area contributed by atoms with E-state index in [9.17, 15) is 14.4 Å². The Morgan fingerprint density at radius 3 is 2.56 bits per heavy atom. The van der Waals surface area contributed by atoms with Crippen molar-refractivity contribution >= 4 is 58.5 Å². The highest BCUT2D eigenvalue weighted by Crippen LogP contribution is 2.26. The number of halogens is 2. The molecule has 2 aliphatic rings. The van der Waals surface area contributed by atoms with Crippen molar-refractivity contribution in [3.05, 3.63) is 69.3 Å². The standard InChI is InChI=1S/C18H10Cl2N4O3/c19-10-6-5-9(12(20)8-10)7-14-17(26)24(18(27)22-14)23-15-11-3-1-2-4-13(11)21-16(15)25/h1-8H,(H,22,27)(H,21,23,25)/b14-7-. The number of nitrogens with zero attached hydrogens (tertiary/aromatic N) is 2. The molecule has 0 spiro atoms. The summed E-state index contributed by atoms with van der Waals surface area (Å²) in [4.78, 5) is 36.9. The number of benzene rings is 2. The molecule has 27 heavy (non-hydrogen) atoms.